The van der Waals surface area contributed by atoms with Crippen LogP contribution in [-0.2, 0) is 27.8 Å². The molecule has 1 amide bonds. The number of amides is 1. The van der Waals surface area contributed by atoms with Gasteiger partial charge in [0, 0.05) is 25.0 Å². The van der Waals surface area contributed by atoms with Gasteiger partial charge in [-0.2, -0.15) is 0 Å². The number of hydrogen-bond acceptors (Lipinski definition) is 3. The van der Waals surface area contributed by atoms with Crippen molar-refractivity contribution in [1.82, 2.24) is 9.62 Å². The van der Waals surface area contributed by atoms with Gasteiger partial charge in [0.15, 0.2) is 0 Å². The third-order valence-corrected chi connectivity index (χ3v) is 6.31. The van der Waals surface area contributed by atoms with E-state index in [9.17, 15) is 13.2 Å². The molecule has 0 saturated heterocycles. The van der Waals surface area contributed by atoms with Crippen LogP contribution in [0.3, 0.4) is 0 Å². The van der Waals surface area contributed by atoms with E-state index in [2.05, 4.69) is 4.72 Å². The maximum Gasteiger partial charge on any atom is 0.240 e. The SMILES string of the molecule is CC(C)NS(=O)(=O)c1ccc2c(c1)CN(C(=O)C1CCC1)CC2. The molecule has 1 heterocycles. The molecule has 23 heavy (non-hydrogen) atoms. The van der Waals surface area contributed by atoms with Crippen LogP contribution < -0.4 is 4.72 Å². The summed E-state index contributed by atoms with van der Waals surface area (Å²) in [7, 11) is -3.49. The molecule has 2 aliphatic rings. The molecule has 1 N–H and O–H groups in total. The average molecular weight is 336 g/mol. The topological polar surface area (TPSA) is 66.5 Å². The molecular weight excluding hydrogens is 312 g/mol. The van der Waals surface area contributed by atoms with Crippen LogP contribution in [0.5, 0.6) is 0 Å². The number of hydrogen-bond donors (Lipinski definition) is 1. The predicted octanol–water partition coefficient (Wildman–Crippen LogP) is 2.06. The molecule has 0 spiro atoms. The van der Waals surface area contributed by atoms with Gasteiger partial charge in [-0.3, -0.25) is 4.79 Å². The molecule has 1 aromatic carbocycles. The lowest BCUT2D eigenvalue weighted by atomic mass is 9.84. The summed E-state index contributed by atoms with van der Waals surface area (Å²) in [5.41, 5.74) is 2.10. The highest BCUT2D eigenvalue weighted by Gasteiger charge is 2.31. The van der Waals surface area contributed by atoms with E-state index in [1.807, 2.05) is 11.0 Å². The van der Waals surface area contributed by atoms with Gasteiger partial charge in [-0.05, 0) is 56.4 Å². The fourth-order valence-electron chi connectivity index (χ4n) is 3.18. The Morgan fingerprint density at radius 2 is 2.00 bits per heavy atom. The first-order valence-corrected chi connectivity index (χ1v) is 9.78. The summed E-state index contributed by atoms with van der Waals surface area (Å²) in [6, 6.07) is 5.12. The first kappa shape index (κ1) is 16.5. The summed E-state index contributed by atoms with van der Waals surface area (Å²) >= 11 is 0. The number of nitrogens with zero attached hydrogens (tertiary/aromatic N) is 1. The van der Waals surface area contributed by atoms with Crippen molar-refractivity contribution < 1.29 is 13.2 Å². The molecule has 1 saturated carbocycles. The van der Waals surface area contributed by atoms with Gasteiger partial charge in [-0.1, -0.05) is 12.5 Å². The molecule has 1 fully saturated rings. The van der Waals surface area contributed by atoms with Crippen LogP contribution in [0.15, 0.2) is 23.1 Å². The van der Waals surface area contributed by atoms with Gasteiger partial charge in [-0.25, -0.2) is 13.1 Å². The van der Waals surface area contributed by atoms with Crippen LogP contribution in [0.4, 0.5) is 0 Å². The van der Waals surface area contributed by atoms with Gasteiger partial charge >= 0.3 is 0 Å². The van der Waals surface area contributed by atoms with Crippen LogP contribution in [0.1, 0.15) is 44.2 Å². The highest BCUT2D eigenvalue weighted by atomic mass is 32.2. The largest absolute Gasteiger partial charge is 0.338 e. The van der Waals surface area contributed by atoms with E-state index in [1.54, 1.807) is 26.0 Å². The molecule has 1 aliphatic heterocycles. The highest BCUT2D eigenvalue weighted by Crippen LogP contribution is 2.31. The minimum absolute atomic E-state index is 0.146. The van der Waals surface area contributed by atoms with Crippen LogP contribution in [0, 0.1) is 5.92 Å². The van der Waals surface area contributed by atoms with Crippen LogP contribution in [0.2, 0.25) is 0 Å². The van der Waals surface area contributed by atoms with Crippen LogP contribution in [-0.4, -0.2) is 31.8 Å². The standard InChI is InChI=1S/C17H24N2O3S/c1-12(2)18-23(21,22)16-7-6-13-8-9-19(11-15(13)10-16)17(20)14-4-3-5-14/h6-7,10,12,14,18H,3-5,8-9,11H2,1-2H3. The lowest BCUT2D eigenvalue weighted by molar-refractivity contribution is -0.139. The fraction of sp³-hybridized carbons (Fsp3) is 0.588. The molecule has 0 aromatic heterocycles. The van der Waals surface area contributed by atoms with E-state index in [-0.39, 0.29) is 22.8 Å². The second-order valence-electron chi connectivity index (χ2n) is 6.84. The number of sulfonamides is 1. The first-order chi connectivity index (χ1) is 10.9. The molecule has 6 heteroatoms. The van der Waals surface area contributed by atoms with Crippen molar-refractivity contribution in [2.24, 2.45) is 5.92 Å². The molecule has 1 aliphatic carbocycles. The number of fused-ring (bicyclic) bond motifs is 1. The van der Waals surface area contributed by atoms with Crippen molar-refractivity contribution in [2.75, 3.05) is 6.54 Å². The molecule has 5 nitrogen and oxygen atoms in total. The number of nitrogens with one attached hydrogen (secondary N) is 1. The Labute approximate surface area is 138 Å². The van der Waals surface area contributed by atoms with E-state index in [0.717, 1.165) is 43.4 Å². The average Bonchev–Trinajstić information content (AvgIpc) is 2.42. The molecule has 0 bridgehead atoms. The summed E-state index contributed by atoms with van der Waals surface area (Å²) in [6.07, 6.45) is 3.93. The van der Waals surface area contributed by atoms with Crippen molar-refractivity contribution in [3.05, 3.63) is 29.3 Å². The molecule has 0 unspecified atom stereocenters. The summed E-state index contributed by atoms with van der Waals surface area (Å²) in [5.74, 6) is 0.418. The predicted molar refractivity (Wildman–Crippen MR) is 88.4 cm³/mol. The smallest absolute Gasteiger partial charge is 0.240 e. The van der Waals surface area contributed by atoms with Crippen molar-refractivity contribution in [1.29, 1.82) is 0 Å². The molecule has 126 valence electrons. The Kier molecular flexibility index (Phi) is 4.47. The van der Waals surface area contributed by atoms with E-state index >= 15 is 0 Å². The summed E-state index contributed by atoms with van der Waals surface area (Å²) < 4.78 is 27.2. The Balaban J connectivity index is 1.81. The number of rotatable bonds is 4. The zero-order valence-corrected chi connectivity index (χ0v) is 14.5. The lowest BCUT2D eigenvalue weighted by Gasteiger charge is -2.35. The van der Waals surface area contributed by atoms with Crippen molar-refractivity contribution in [3.63, 3.8) is 0 Å². The summed E-state index contributed by atoms with van der Waals surface area (Å²) in [6.45, 7) is 4.86. The van der Waals surface area contributed by atoms with Gasteiger partial charge in [0.1, 0.15) is 0 Å². The second-order valence-corrected chi connectivity index (χ2v) is 8.56. The number of carbonyl (C=O) groups is 1. The molecule has 1 aromatic rings. The van der Waals surface area contributed by atoms with Crippen LogP contribution in [0.25, 0.3) is 0 Å². The Bertz CT molecular complexity index is 709. The normalized spacial score (nSPS) is 18.7. The fourth-order valence-corrected chi connectivity index (χ4v) is 4.48. The molecule has 0 atom stereocenters. The first-order valence-electron chi connectivity index (χ1n) is 8.30. The minimum Gasteiger partial charge on any atom is -0.338 e. The highest BCUT2D eigenvalue weighted by molar-refractivity contribution is 7.89. The molecule has 3 rings (SSSR count). The Hall–Kier alpha value is -1.40. The van der Waals surface area contributed by atoms with Gasteiger partial charge in [0.25, 0.3) is 0 Å². The Morgan fingerprint density at radius 1 is 1.26 bits per heavy atom. The van der Waals surface area contributed by atoms with E-state index < -0.39 is 10.0 Å². The van der Waals surface area contributed by atoms with Crippen LogP contribution >= 0.6 is 0 Å². The minimum atomic E-state index is -3.49. The maximum absolute atomic E-state index is 12.4. The molecule has 0 radical (unpaired) electrons. The zero-order chi connectivity index (χ0) is 16.6. The number of benzene rings is 1. The van der Waals surface area contributed by atoms with Crippen molar-refractivity contribution in [3.8, 4) is 0 Å². The third-order valence-electron chi connectivity index (χ3n) is 4.66. The molecular formula is C17H24N2O3S. The van der Waals surface area contributed by atoms with E-state index in [4.69, 9.17) is 0 Å². The van der Waals surface area contributed by atoms with Gasteiger partial charge in [-0.15, -0.1) is 0 Å². The van der Waals surface area contributed by atoms with Gasteiger partial charge < -0.3 is 4.90 Å². The summed E-state index contributed by atoms with van der Waals surface area (Å²) in [4.78, 5) is 14.6. The third kappa shape index (κ3) is 3.43. The lowest BCUT2D eigenvalue weighted by Crippen LogP contribution is -2.41. The van der Waals surface area contributed by atoms with Gasteiger partial charge in [0.05, 0.1) is 4.90 Å². The zero-order valence-electron chi connectivity index (χ0n) is 13.7. The Morgan fingerprint density at radius 3 is 2.61 bits per heavy atom. The maximum atomic E-state index is 12.4. The summed E-state index contributed by atoms with van der Waals surface area (Å²) in [5, 5.41) is 0. The van der Waals surface area contributed by atoms with E-state index in [0.29, 0.717) is 6.54 Å². The van der Waals surface area contributed by atoms with Crippen molar-refractivity contribution >= 4 is 15.9 Å². The monoisotopic (exact) mass is 336 g/mol. The number of carbonyl (C=O) groups excluding carboxylic acids is 1. The quantitative estimate of drug-likeness (QED) is 0.915. The van der Waals surface area contributed by atoms with Crippen molar-refractivity contribution in [2.45, 2.75) is 57.0 Å². The second kappa shape index (κ2) is 6.24. The van der Waals surface area contributed by atoms with E-state index in [1.165, 1.54) is 0 Å². The van der Waals surface area contributed by atoms with Gasteiger partial charge in [0.2, 0.25) is 15.9 Å².